The molecule has 0 unspecified atom stereocenters. The second-order valence-corrected chi connectivity index (χ2v) is 5.93. The van der Waals surface area contributed by atoms with Gasteiger partial charge < -0.3 is 0 Å². The van der Waals surface area contributed by atoms with Gasteiger partial charge >= 0.3 is 0 Å². The maximum atomic E-state index is 12.0. The molecule has 1 heterocycles. The number of hydrogen-bond acceptors (Lipinski definition) is 2. The number of ketones is 1. The first-order valence-corrected chi connectivity index (χ1v) is 6.96. The van der Waals surface area contributed by atoms with Gasteiger partial charge in [-0.25, -0.2) is 0 Å². The van der Waals surface area contributed by atoms with E-state index in [1.807, 2.05) is 39.3 Å². The topological polar surface area (TPSA) is 34.9 Å². The van der Waals surface area contributed by atoms with Crippen molar-refractivity contribution < 1.29 is 4.79 Å². The lowest BCUT2D eigenvalue weighted by Gasteiger charge is -2.16. The van der Waals surface area contributed by atoms with Crippen molar-refractivity contribution in [3.8, 4) is 0 Å². The van der Waals surface area contributed by atoms with Crippen LogP contribution >= 0.6 is 11.6 Å². The van der Waals surface area contributed by atoms with Crippen molar-refractivity contribution in [2.75, 3.05) is 0 Å². The lowest BCUT2D eigenvalue weighted by Crippen LogP contribution is -2.21. The maximum Gasteiger partial charge on any atom is 0.138 e. The monoisotopic (exact) mass is 270 g/mol. The van der Waals surface area contributed by atoms with Gasteiger partial charge in [-0.1, -0.05) is 39.3 Å². The van der Waals surface area contributed by atoms with E-state index in [9.17, 15) is 4.79 Å². The van der Waals surface area contributed by atoms with E-state index in [0.29, 0.717) is 12.8 Å². The van der Waals surface area contributed by atoms with Crippen molar-refractivity contribution in [2.24, 2.45) is 5.41 Å². The van der Waals surface area contributed by atoms with Gasteiger partial charge in [0.1, 0.15) is 5.78 Å². The Kier molecular flexibility index (Phi) is 4.97. The second-order valence-electron chi connectivity index (χ2n) is 5.55. The van der Waals surface area contributed by atoms with E-state index in [-0.39, 0.29) is 11.2 Å². The van der Waals surface area contributed by atoms with E-state index in [0.717, 1.165) is 29.4 Å². The highest BCUT2D eigenvalue weighted by molar-refractivity contribution is 6.31. The fourth-order valence-corrected chi connectivity index (χ4v) is 2.23. The molecule has 0 bridgehead atoms. The smallest absolute Gasteiger partial charge is 0.138 e. The number of carbonyl (C=O) groups excluding carboxylic acids is 1. The average molecular weight is 271 g/mol. The zero-order valence-electron chi connectivity index (χ0n) is 12.0. The van der Waals surface area contributed by atoms with Crippen LogP contribution < -0.4 is 0 Å². The summed E-state index contributed by atoms with van der Waals surface area (Å²) in [4.78, 5) is 12.0. The van der Waals surface area contributed by atoms with Crippen LogP contribution in [0.15, 0.2) is 0 Å². The minimum atomic E-state index is -0.281. The molecule has 0 aliphatic rings. The van der Waals surface area contributed by atoms with Crippen molar-refractivity contribution >= 4 is 17.4 Å². The van der Waals surface area contributed by atoms with Gasteiger partial charge in [0.25, 0.3) is 0 Å². The maximum absolute atomic E-state index is 12.0. The van der Waals surface area contributed by atoms with E-state index in [2.05, 4.69) is 5.10 Å². The van der Waals surface area contributed by atoms with Crippen LogP contribution in [0.1, 0.15) is 52.4 Å². The molecule has 1 aromatic heterocycles. The Hall–Kier alpha value is -0.830. The Balaban J connectivity index is 2.85. The SMILES string of the molecule is CCc1nn(CC)c(CCC(=O)C(C)(C)C)c1Cl. The number of aryl methyl sites for hydroxylation is 2. The number of halogens is 1. The van der Waals surface area contributed by atoms with E-state index >= 15 is 0 Å². The third-order valence-corrected chi connectivity index (χ3v) is 3.56. The normalized spacial score (nSPS) is 11.9. The summed E-state index contributed by atoms with van der Waals surface area (Å²) in [7, 11) is 0. The van der Waals surface area contributed by atoms with Crippen molar-refractivity contribution in [1.82, 2.24) is 9.78 Å². The molecule has 1 aromatic rings. The zero-order valence-corrected chi connectivity index (χ0v) is 12.8. The van der Waals surface area contributed by atoms with E-state index < -0.39 is 0 Å². The molecule has 0 atom stereocenters. The molecule has 0 fully saturated rings. The molecule has 0 saturated heterocycles. The Morgan fingerprint density at radius 1 is 1.33 bits per heavy atom. The first kappa shape index (κ1) is 15.2. The van der Waals surface area contributed by atoms with Gasteiger partial charge in [-0.15, -0.1) is 0 Å². The molecule has 102 valence electrons. The number of aromatic nitrogens is 2. The van der Waals surface area contributed by atoms with Crippen LogP contribution in [0.3, 0.4) is 0 Å². The molecule has 1 rings (SSSR count). The highest BCUT2D eigenvalue weighted by Crippen LogP contribution is 2.25. The molecular formula is C14H23ClN2O. The van der Waals surface area contributed by atoms with Gasteiger partial charge in [-0.3, -0.25) is 9.48 Å². The van der Waals surface area contributed by atoms with Gasteiger partial charge in [0.05, 0.1) is 16.4 Å². The highest BCUT2D eigenvalue weighted by atomic mass is 35.5. The molecule has 0 saturated carbocycles. The second kappa shape index (κ2) is 5.87. The number of Topliss-reactive ketones (excluding diaryl/α,β-unsaturated/α-hetero) is 1. The van der Waals surface area contributed by atoms with Crippen LogP contribution in [0.2, 0.25) is 5.02 Å². The average Bonchev–Trinajstić information content (AvgIpc) is 2.61. The predicted molar refractivity (Wildman–Crippen MR) is 75.1 cm³/mol. The number of rotatable bonds is 5. The Bertz CT molecular complexity index is 430. The standard InChI is InChI=1S/C14H23ClN2O/c1-6-10-13(15)11(17(7-2)16-10)8-9-12(18)14(3,4)5/h6-9H2,1-5H3. The summed E-state index contributed by atoms with van der Waals surface area (Å²) in [5, 5.41) is 5.20. The quantitative estimate of drug-likeness (QED) is 0.818. The van der Waals surface area contributed by atoms with Crippen LogP contribution in [-0.4, -0.2) is 15.6 Å². The van der Waals surface area contributed by atoms with Gasteiger partial charge in [0.15, 0.2) is 0 Å². The van der Waals surface area contributed by atoms with Crippen LogP contribution in [0.25, 0.3) is 0 Å². The summed E-state index contributed by atoms with van der Waals surface area (Å²) in [6.07, 6.45) is 2.03. The van der Waals surface area contributed by atoms with Crippen LogP contribution in [0, 0.1) is 5.41 Å². The Labute approximate surface area is 115 Å². The molecule has 0 aliphatic heterocycles. The summed E-state index contributed by atoms with van der Waals surface area (Å²) in [5.74, 6) is 0.264. The molecule has 4 heteroatoms. The molecule has 0 radical (unpaired) electrons. The van der Waals surface area contributed by atoms with Crippen LogP contribution in [0.4, 0.5) is 0 Å². The lowest BCUT2D eigenvalue weighted by atomic mass is 9.88. The van der Waals surface area contributed by atoms with Crippen molar-refractivity contribution in [3.05, 3.63) is 16.4 Å². The molecule has 0 amide bonds. The fraction of sp³-hybridized carbons (Fsp3) is 0.714. The minimum absolute atomic E-state index is 0.264. The van der Waals surface area contributed by atoms with E-state index in [4.69, 9.17) is 11.6 Å². The zero-order chi connectivity index (χ0) is 13.9. The highest BCUT2D eigenvalue weighted by Gasteiger charge is 2.22. The number of nitrogens with zero attached hydrogens (tertiary/aromatic N) is 2. The van der Waals surface area contributed by atoms with E-state index in [1.165, 1.54) is 0 Å². The predicted octanol–water partition coefficient (Wildman–Crippen LogP) is 3.67. The number of hydrogen-bond donors (Lipinski definition) is 0. The fourth-order valence-electron chi connectivity index (χ4n) is 1.86. The van der Waals surface area contributed by atoms with E-state index in [1.54, 1.807) is 0 Å². The third kappa shape index (κ3) is 3.35. The molecule has 18 heavy (non-hydrogen) atoms. The summed E-state index contributed by atoms with van der Waals surface area (Å²) in [6, 6.07) is 0. The van der Waals surface area contributed by atoms with Crippen molar-refractivity contribution in [3.63, 3.8) is 0 Å². The first-order valence-electron chi connectivity index (χ1n) is 6.58. The molecule has 0 aliphatic carbocycles. The summed E-state index contributed by atoms with van der Waals surface area (Å²) in [5.41, 5.74) is 1.64. The first-order chi connectivity index (χ1) is 8.31. The number of carbonyl (C=O) groups is 1. The van der Waals surface area contributed by atoms with Crippen molar-refractivity contribution in [1.29, 1.82) is 0 Å². The van der Waals surface area contributed by atoms with Gasteiger partial charge in [0.2, 0.25) is 0 Å². The molecule has 0 N–H and O–H groups in total. The lowest BCUT2D eigenvalue weighted by molar-refractivity contribution is -0.126. The summed E-state index contributed by atoms with van der Waals surface area (Å²) < 4.78 is 1.91. The molecule has 3 nitrogen and oxygen atoms in total. The van der Waals surface area contributed by atoms with Gasteiger partial charge in [-0.05, 0) is 19.8 Å². The summed E-state index contributed by atoms with van der Waals surface area (Å²) >= 11 is 6.31. The van der Waals surface area contributed by atoms with Crippen LogP contribution in [-0.2, 0) is 24.2 Å². The minimum Gasteiger partial charge on any atom is -0.299 e. The largest absolute Gasteiger partial charge is 0.299 e. The van der Waals surface area contributed by atoms with Crippen molar-refractivity contribution in [2.45, 2.75) is 60.4 Å². The Morgan fingerprint density at radius 3 is 2.39 bits per heavy atom. The summed E-state index contributed by atoms with van der Waals surface area (Å²) in [6.45, 7) is 10.7. The van der Waals surface area contributed by atoms with Crippen LogP contribution in [0.5, 0.6) is 0 Å². The van der Waals surface area contributed by atoms with Gasteiger partial charge in [0, 0.05) is 18.4 Å². The molecular weight excluding hydrogens is 248 g/mol. The molecule has 0 spiro atoms. The van der Waals surface area contributed by atoms with Gasteiger partial charge in [-0.2, -0.15) is 5.10 Å². The third-order valence-electron chi connectivity index (χ3n) is 3.12. The molecule has 0 aromatic carbocycles. The Morgan fingerprint density at radius 2 is 1.94 bits per heavy atom.